The third-order valence-corrected chi connectivity index (χ3v) is 1.30. The van der Waals surface area contributed by atoms with Crippen LogP contribution in [0.1, 0.15) is 13.8 Å². The number of amides is 2. The lowest BCUT2D eigenvalue weighted by Crippen LogP contribution is -2.44. The van der Waals surface area contributed by atoms with Gasteiger partial charge >= 0.3 is 6.09 Å². The number of rotatable bonds is 4. The van der Waals surface area contributed by atoms with Gasteiger partial charge < -0.3 is 15.7 Å². The number of carbonyl (C=O) groups excluding carboxylic acids is 1. The van der Waals surface area contributed by atoms with Gasteiger partial charge in [-0.3, -0.25) is 4.79 Å². The van der Waals surface area contributed by atoms with Crippen LogP contribution in [0.5, 0.6) is 0 Å². The maximum atomic E-state index is 11.1. The summed E-state index contributed by atoms with van der Waals surface area (Å²) < 4.78 is 0. The Labute approximate surface area is 76.8 Å². The van der Waals surface area contributed by atoms with Crippen LogP contribution in [0.25, 0.3) is 0 Å². The van der Waals surface area contributed by atoms with Gasteiger partial charge in [0.05, 0.1) is 0 Å². The van der Waals surface area contributed by atoms with Crippen molar-refractivity contribution in [2.75, 3.05) is 6.54 Å². The summed E-state index contributed by atoms with van der Waals surface area (Å²) in [4.78, 5) is 21.2. The number of hydrogen-bond acceptors (Lipinski definition) is 2. The first kappa shape index (κ1) is 11.5. The van der Waals surface area contributed by atoms with Crippen LogP contribution in [0.15, 0.2) is 12.2 Å². The van der Waals surface area contributed by atoms with Gasteiger partial charge in [-0.1, -0.05) is 12.2 Å². The quantitative estimate of drug-likeness (QED) is 0.554. The number of nitrogens with one attached hydrogen (secondary N) is 2. The van der Waals surface area contributed by atoms with Crippen LogP contribution in [-0.2, 0) is 4.79 Å². The summed E-state index contributed by atoms with van der Waals surface area (Å²) in [6, 6.07) is -0.739. The number of carbonyl (C=O) groups is 2. The van der Waals surface area contributed by atoms with E-state index in [0.29, 0.717) is 6.54 Å². The summed E-state index contributed by atoms with van der Waals surface area (Å²) in [5.41, 5.74) is 0.816. The molecule has 0 bridgehead atoms. The van der Waals surface area contributed by atoms with E-state index < -0.39 is 12.1 Å². The van der Waals surface area contributed by atoms with Gasteiger partial charge in [-0.15, -0.1) is 0 Å². The van der Waals surface area contributed by atoms with E-state index in [0.717, 1.165) is 5.57 Å². The highest BCUT2D eigenvalue weighted by Crippen LogP contribution is 1.85. The van der Waals surface area contributed by atoms with Gasteiger partial charge in [-0.2, -0.15) is 0 Å². The molecule has 3 N–H and O–H groups in total. The van der Waals surface area contributed by atoms with Crippen molar-refractivity contribution in [2.24, 2.45) is 0 Å². The van der Waals surface area contributed by atoms with Crippen molar-refractivity contribution in [3.63, 3.8) is 0 Å². The molecule has 0 aliphatic carbocycles. The fourth-order valence-electron chi connectivity index (χ4n) is 0.642. The fraction of sp³-hybridized carbons (Fsp3) is 0.500. The summed E-state index contributed by atoms with van der Waals surface area (Å²) in [6.45, 7) is 7.21. The maximum absolute atomic E-state index is 11.1. The second-order valence-electron chi connectivity index (χ2n) is 2.85. The monoisotopic (exact) mass is 186 g/mol. The minimum Gasteiger partial charge on any atom is -0.465 e. The molecule has 0 aromatic rings. The molecule has 0 aromatic carbocycles. The van der Waals surface area contributed by atoms with Crippen LogP contribution in [0.2, 0.25) is 0 Å². The van der Waals surface area contributed by atoms with E-state index in [9.17, 15) is 9.59 Å². The van der Waals surface area contributed by atoms with Crippen LogP contribution in [0.3, 0.4) is 0 Å². The van der Waals surface area contributed by atoms with Crippen molar-refractivity contribution < 1.29 is 14.7 Å². The molecule has 0 fully saturated rings. The van der Waals surface area contributed by atoms with Crippen LogP contribution in [0, 0.1) is 0 Å². The second kappa shape index (κ2) is 5.18. The van der Waals surface area contributed by atoms with Gasteiger partial charge in [-0.05, 0) is 13.8 Å². The van der Waals surface area contributed by atoms with E-state index in [1.54, 1.807) is 6.92 Å². The van der Waals surface area contributed by atoms with E-state index in [1.165, 1.54) is 6.92 Å². The largest absolute Gasteiger partial charge is 0.465 e. The minimum atomic E-state index is -1.21. The average molecular weight is 186 g/mol. The molecule has 74 valence electrons. The Hall–Kier alpha value is -1.52. The van der Waals surface area contributed by atoms with Gasteiger partial charge in [0.2, 0.25) is 5.91 Å². The highest BCUT2D eigenvalue weighted by Gasteiger charge is 2.13. The molecule has 0 unspecified atom stereocenters. The highest BCUT2D eigenvalue weighted by molar-refractivity contribution is 5.84. The maximum Gasteiger partial charge on any atom is 0.405 e. The molecular weight excluding hydrogens is 172 g/mol. The van der Waals surface area contributed by atoms with E-state index in [2.05, 4.69) is 11.9 Å². The molecule has 0 aromatic heterocycles. The Balaban J connectivity index is 3.82. The summed E-state index contributed by atoms with van der Waals surface area (Å²) in [7, 11) is 0. The number of carboxylic acid groups (broad SMARTS) is 1. The van der Waals surface area contributed by atoms with Crippen molar-refractivity contribution >= 4 is 12.0 Å². The van der Waals surface area contributed by atoms with E-state index >= 15 is 0 Å². The Bertz CT molecular complexity index is 225. The Morgan fingerprint density at radius 1 is 1.54 bits per heavy atom. The van der Waals surface area contributed by atoms with Crippen molar-refractivity contribution in [2.45, 2.75) is 19.9 Å². The Kier molecular flexibility index (Phi) is 4.58. The van der Waals surface area contributed by atoms with Crippen molar-refractivity contribution in [3.8, 4) is 0 Å². The molecule has 0 saturated carbocycles. The summed E-state index contributed by atoms with van der Waals surface area (Å²) in [5.74, 6) is -0.356. The SMILES string of the molecule is C=C(C)CNC(=O)[C@H](C)NC(=O)O. The molecule has 0 spiro atoms. The normalized spacial score (nSPS) is 11.5. The molecule has 0 aliphatic heterocycles. The molecule has 5 nitrogen and oxygen atoms in total. The lowest BCUT2D eigenvalue weighted by Gasteiger charge is -2.11. The Morgan fingerprint density at radius 3 is 2.46 bits per heavy atom. The topological polar surface area (TPSA) is 78.4 Å². The van der Waals surface area contributed by atoms with Crippen molar-refractivity contribution in [3.05, 3.63) is 12.2 Å². The first-order valence-corrected chi connectivity index (χ1v) is 3.85. The predicted molar refractivity (Wildman–Crippen MR) is 48.4 cm³/mol. The highest BCUT2D eigenvalue weighted by atomic mass is 16.4. The zero-order chi connectivity index (χ0) is 10.4. The van der Waals surface area contributed by atoms with Crippen LogP contribution >= 0.6 is 0 Å². The first-order valence-electron chi connectivity index (χ1n) is 3.85. The zero-order valence-electron chi connectivity index (χ0n) is 7.76. The smallest absolute Gasteiger partial charge is 0.405 e. The molecule has 5 heteroatoms. The molecule has 0 aliphatic rings. The van der Waals surface area contributed by atoms with Crippen LogP contribution < -0.4 is 10.6 Å². The predicted octanol–water partition coefficient (Wildman–Crippen LogP) is 0.335. The number of hydrogen-bond donors (Lipinski definition) is 3. The van der Waals surface area contributed by atoms with Crippen molar-refractivity contribution in [1.82, 2.24) is 10.6 Å². The molecule has 0 heterocycles. The van der Waals surface area contributed by atoms with E-state index in [-0.39, 0.29) is 5.91 Å². The molecule has 0 rings (SSSR count). The third kappa shape index (κ3) is 5.72. The summed E-state index contributed by atoms with van der Waals surface area (Å²) in [6.07, 6.45) is -1.21. The molecule has 1 atom stereocenters. The first-order chi connectivity index (χ1) is 5.93. The Morgan fingerprint density at radius 2 is 2.08 bits per heavy atom. The molecule has 2 amide bonds. The van der Waals surface area contributed by atoms with Crippen molar-refractivity contribution in [1.29, 1.82) is 0 Å². The van der Waals surface area contributed by atoms with E-state index in [1.807, 2.05) is 5.32 Å². The summed E-state index contributed by atoms with van der Waals surface area (Å²) >= 11 is 0. The lowest BCUT2D eigenvalue weighted by molar-refractivity contribution is -0.122. The average Bonchev–Trinajstić information content (AvgIpc) is 1.98. The van der Waals surface area contributed by atoms with Crippen LogP contribution in [-0.4, -0.2) is 29.7 Å². The standard InChI is InChI=1S/C8H14N2O3/c1-5(2)4-9-7(11)6(3)10-8(12)13/h6,10H,1,4H2,2-3H3,(H,9,11)(H,12,13)/t6-/m0/s1. The molecule has 0 radical (unpaired) electrons. The van der Waals surface area contributed by atoms with Gasteiger partial charge in [0.25, 0.3) is 0 Å². The van der Waals surface area contributed by atoms with Gasteiger partial charge in [0.15, 0.2) is 0 Å². The third-order valence-electron chi connectivity index (χ3n) is 1.30. The lowest BCUT2D eigenvalue weighted by atomic mass is 10.3. The molecular formula is C8H14N2O3. The molecule has 0 saturated heterocycles. The zero-order valence-corrected chi connectivity index (χ0v) is 7.76. The minimum absolute atomic E-state index is 0.356. The second-order valence-corrected chi connectivity index (χ2v) is 2.85. The van der Waals surface area contributed by atoms with Gasteiger partial charge in [0.1, 0.15) is 6.04 Å². The van der Waals surface area contributed by atoms with E-state index in [4.69, 9.17) is 5.11 Å². The molecule has 13 heavy (non-hydrogen) atoms. The van der Waals surface area contributed by atoms with Crippen LogP contribution in [0.4, 0.5) is 4.79 Å². The fourth-order valence-corrected chi connectivity index (χ4v) is 0.642. The summed E-state index contributed by atoms with van der Waals surface area (Å²) in [5, 5.41) is 12.9. The van der Waals surface area contributed by atoms with Gasteiger partial charge in [0, 0.05) is 6.54 Å². The van der Waals surface area contributed by atoms with Gasteiger partial charge in [-0.25, -0.2) is 4.79 Å².